The number of amides is 1. The summed E-state index contributed by atoms with van der Waals surface area (Å²) < 4.78 is 0. The number of hydrogen-bond acceptors (Lipinski definition) is 1. The lowest BCUT2D eigenvalue weighted by Crippen LogP contribution is -2.43. The van der Waals surface area contributed by atoms with E-state index in [2.05, 4.69) is 4.90 Å². The summed E-state index contributed by atoms with van der Waals surface area (Å²) in [5, 5.41) is 0. The fraction of sp³-hybridized carbons (Fsp3) is 0.933. The SMILES string of the molecule is CC.CC.CC(C)(C)C(=O)N1CC2CCC1C2. The Kier molecular flexibility index (Phi) is 6.81. The van der Waals surface area contributed by atoms with E-state index in [1.54, 1.807) is 0 Å². The molecule has 2 atom stereocenters. The van der Waals surface area contributed by atoms with Crippen LogP contribution in [0.5, 0.6) is 0 Å². The molecule has 2 bridgehead atoms. The van der Waals surface area contributed by atoms with Gasteiger partial charge in [0.2, 0.25) is 5.91 Å². The monoisotopic (exact) mass is 241 g/mol. The van der Waals surface area contributed by atoms with Crippen LogP contribution in [-0.4, -0.2) is 23.4 Å². The average molecular weight is 241 g/mol. The maximum Gasteiger partial charge on any atom is 0.228 e. The lowest BCUT2D eigenvalue weighted by atomic mass is 9.93. The Hall–Kier alpha value is -0.530. The summed E-state index contributed by atoms with van der Waals surface area (Å²) in [6, 6.07) is 0.580. The van der Waals surface area contributed by atoms with Crippen molar-refractivity contribution in [2.75, 3.05) is 6.54 Å². The fourth-order valence-corrected chi connectivity index (χ4v) is 2.60. The first-order valence-corrected chi connectivity index (χ1v) is 7.29. The normalized spacial score (nSPS) is 25.7. The molecule has 17 heavy (non-hydrogen) atoms. The number of piperidine rings is 1. The van der Waals surface area contributed by atoms with Crippen LogP contribution in [-0.2, 0) is 4.79 Å². The smallest absolute Gasteiger partial charge is 0.228 e. The second-order valence-electron chi connectivity index (χ2n) is 5.54. The molecule has 1 aliphatic carbocycles. The van der Waals surface area contributed by atoms with E-state index in [9.17, 15) is 4.79 Å². The van der Waals surface area contributed by atoms with Gasteiger partial charge in [-0.25, -0.2) is 0 Å². The fourth-order valence-electron chi connectivity index (χ4n) is 2.60. The van der Waals surface area contributed by atoms with Crippen LogP contribution in [0.3, 0.4) is 0 Å². The summed E-state index contributed by atoms with van der Waals surface area (Å²) in [7, 11) is 0. The number of carbonyl (C=O) groups excluding carboxylic acids is 1. The molecule has 0 radical (unpaired) electrons. The topological polar surface area (TPSA) is 20.3 Å². The zero-order valence-corrected chi connectivity index (χ0v) is 12.8. The van der Waals surface area contributed by atoms with Crippen molar-refractivity contribution in [3.8, 4) is 0 Å². The molecule has 0 aromatic heterocycles. The molecular formula is C15H31NO. The van der Waals surface area contributed by atoms with E-state index in [4.69, 9.17) is 0 Å². The molecule has 0 aromatic carbocycles. The molecule has 2 rings (SSSR count). The molecule has 2 fully saturated rings. The van der Waals surface area contributed by atoms with Gasteiger partial charge in [-0.2, -0.15) is 0 Å². The predicted molar refractivity (Wildman–Crippen MR) is 75.0 cm³/mol. The molecule has 0 N–H and O–H groups in total. The molecule has 1 heterocycles. The highest BCUT2D eigenvalue weighted by Gasteiger charge is 2.42. The number of likely N-dealkylation sites (tertiary alicyclic amines) is 1. The summed E-state index contributed by atoms with van der Waals surface area (Å²) in [5.41, 5.74) is -0.190. The van der Waals surface area contributed by atoms with Crippen molar-refractivity contribution in [2.24, 2.45) is 11.3 Å². The lowest BCUT2D eigenvalue weighted by molar-refractivity contribution is -0.141. The Morgan fingerprint density at radius 1 is 1.06 bits per heavy atom. The van der Waals surface area contributed by atoms with Crippen molar-refractivity contribution in [1.29, 1.82) is 0 Å². The van der Waals surface area contributed by atoms with Crippen LogP contribution in [0.15, 0.2) is 0 Å². The van der Waals surface area contributed by atoms with E-state index in [0.29, 0.717) is 11.9 Å². The second kappa shape index (κ2) is 7.03. The summed E-state index contributed by atoms with van der Waals surface area (Å²) >= 11 is 0. The van der Waals surface area contributed by atoms with Crippen LogP contribution < -0.4 is 0 Å². The van der Waals surface area contributed by atoms with Crippen LogP contribution in [0, 0.1) is 11.3 Å². The highest BCUT2D eigenvalue weighted by molar-refractivity contribution is 5.82. The highest BCUT2D eigenvalue weighted by atomic mass is 16.2. The van der Waals surface area contributed by atoms with Gasteiger partial charge in [0, 0.05) is 18.0 Å². The number of rotatable bonds is 0. The standard InChI is InChI=1S/C11H19NO.2C2H6/c1-11(2,3)10(13)12-7-8-4-5-9(12)6-8;2*1-2/h8-9H,4-7H2,1-3H3;2*1-2H3. The van der Waals surface area contributed by atoms with Crippen molar-refractivity contribution in [3.63, 3.8) is 0 Å². The first kappa shape index (κ1) is 16.5. The minimum absolute atomic E-state index is 0.190. The van der Waals surface area contributed by atoms with E-state index in [0.717, 1.165) is 12.5 Å². The molecule has 1 amide bonds. The average Bonchev–Trinajstić information content (AvgIpc) is 2.94. The highest BCUT2D eigenvalue weighted by Crippen LogP contribution is 2.39. The Morgan fingerprint density at radius 3 is 1.88 bits per heavy atom. The number of fused-ring (bicyclic) bond motifs is 2. The summed E-state index contributed by atoms with van der Waals surface area (Å²) in [4.78, 5) is 14.1. The molecular weight excluding hydrogens is 210 g/mol. The van der Waals surface area contributed by atoms with Gasteiger partial charge in [-0.1, -0.05) is 48.5 Å². The van der Waals surface area contributed by atoms with E-state index in [1.165, 1.54) is 19.3 Å². The molecule has 2 nitrogen and oxygen atoms in total. The Balaban J connectivity index is 0.000000581. The summed E-state index contributed by atoms with van der Waals surface area (Å²) in [6.45, 7) is 15.1. The van der Waals surface area contributed by atoms with Gasteiger partial charge in [0.05, 0.1) is 0 Å². The maximum absolute atomic E-state index is 12.0. The summed E-state index contributed by atoms with van der Waals surface area (Å²) in [6.07, 6.45) is 3.85. The molecule has 2 aliphatic rings. The van der Waals surface area contributed by atoms with Crippen molar-refractivity contribution < 1.29 is 4.79 Å². The quantitative estimate of drug-likeness (QED) is 0.625. The Bertz CT molecular complexity index is 230. The summed E-state index contributed by atoms with van der Waals surface area (Å²) in [5.74, 6) is 1.16. The molecule has 1 saturated heterocycles. The van der Waals surface area contributed by atoms with Gasteiger partial charge >= 0.3 is 0 Å². The molecule has 0 aromatic rings. The van der Waals surface area contributed by atoms with Crippen LogP contribution in [0.4, 0.5) is 0 Å². The molecule has 1 saturated carbocycles. The maximum atomic E-state index is 12.0. The minimum atomic E-state index is -0.190. The van der Waals surface area contributed by atoms with Crippen molar-refractivity contribution in [3.05, 3.63) is 0 Å². The second-order valence-corrected chi connectivity index (χ2v) is 5.54. The minimum Gasteiger partial charge on any atom is -0.339 e. The largest absolute Gasteiger partial charge is 0.339 e. The third-order valence-electron chi connectivity index (χ3n) is 3.31. The Labute approximate surface area is 108 Å². The van der Waals surface area contributed by atoms with Crippen molar-refractivity contribution in [2.45, 2.75) is 73.8 Å². The van der Waals surface area contributed by atoms with Gasteiger partial charge in [-0.15, -0.1) is 0 Å². The zero-order chi connectivity index (χ0) is 13.6. The first-order valence-electron chi connectivity index (χ1n) is 7.29. The lowest BCUT2D eigenvalue weighted by Gasteiger charge is -2.32. The van der Waals surface area contributed by atoms with Crippen LogP contribution in [0.1, 0.15) is 67.7 Å². The molecule has 2 heteroatoms. The molecule has 1 aliphatic heterocycles. The van der Waals surface area contributed by atoms with Gasteiger partial charge in [-0.3, -0.25) is 4.79 Å². The van der Waals surface area contributed by atoms with Gasteiger partial charge < -0.3 is 4.90 Å². The third-order valence-corrected chi connectivity index (χ3v) is 3.31. The molecule has 0 spiro atoms. The van der Waals surface area contributed by atoms with Crippen molar-refractivity contribution in [1.82, 2.24) is 4.90 Å². The van der Waals surface area contributed by atoms with E-state index in [-0.39, 0.29) is 5.41 Å². The van der Waals surface area contributed by atoms with E-state index < -0.39 is 0 Å². The first-order chi connectivity index (χ1) is 7.98. The van der Waals surface area contributed by atoms with Gasteiger partial charge in [-0.05, 0) is 25.2 Å². The number of hydrogen-bond donors (Lipinski definition) is 0. The van der Waals surface area contributed by atoms with Gasteiger partial charge in [0.1, 0.15) is 0 Å². The zero-order valence-electron chi connectivity index (χ0n) is 12.8. The van der Waals surface area contributed by atoms with Crippen LogP contribution in [0.2, 0.25) is 0 Å². The van der Waals surface area contributed by atoms with Crippen LogP contribution >= 0.6 is 0 Å². The van der Waals surface area contributed by atoms with Gasteiger partial charge in [0.15, 0.2) is 0 Å². The number of carbonyl (C=O) groups is 1. The van der Waals surface area contributed by atoms with Gasteiger partial charge in [0.25, 0.3) is 0 Å². The molecule has 102 valence electrons. The predicted octanol–water partition coefficient (Wildman–Crippen LogP) is 4.10. The molecule has 2 unspecified atom stereocenters. The third kappa shape index (κ3) is 4.01. The Morgan fingerprint density at radius 2 is 1.59 bits per heavy atom. The van der Waals surface area contributed by atoms with Crippen LogP contribution in [0.25, 0.3) is 0 Å². The van der Waals surface area contributed by atoms with E-state index >= 15 is 0 Å². The van der Waals surface area contributed by atoms with E-state index in [1.807, 2.05) is 48.5 Å². The number of nitrogens with zero attached hydrogens (tertiary/aromatic N) is 1. The van der Waals surface area contributed by atoms with Crippen molar-refractivity contribution >= 4 is 5.91 Å².